The second-order valence-corrected chi connectivity index (χ2v) is 15.2. The molecule has 0 N–H and O–H groups in total. The van der Waals surface area contributed by atoms with Crippen molar-refractivity contribution in [3.05, 3.63) is 47.5 Å². The summed E-state index contributed by atoms with van der Waals surface area (Å²) in [5.41, 5.74) is -1.69. The summed E-state index contributed by atoms with van der Waals surface area (Å²) in [5, 5.41) is -1.13. The molecule has 38 heavy (non-hydrogen) atoms. The van der Waals surface area contributed by atoms with Gasteiger partial charge in [-0.2, -0.15) is 13.2 Å². The summed E-state index contributed by atoms with van der Waals surface area (Å²) >= 11 is 0. The van der Waals surface area contributed by atoms with Gasteiger partial charge in [0.05, 0.1) is 38.2 Å². The third-order valence-electron chi connectivity index (χ3n) is 6.30. The summed E-state index contributed by atoms with van der Waals surface area (Å²) in [5.74, 6) is -1.71. The molecule has 9 nitrogen and oxygen atoms in total. The Bertz CT molecular complexity index is 1520. The van der Waals surface area contributed by atoms with Crippen LogP contribution in [0.2, 0.25) is 0 Å². The average molecular weight is 598 g/mol. The van der Waals surface area contributed by atoms with Crippen LogP contribution in [0.1, 0.15) is 29.3 Å². The summed E-state index contributed by atoms with van der Waals surface area (Å²) in [6.45, 7) is 1.20. The molecule has 2 aromatic rings. The van der Waals surface area contributed by atoms with Crippen LogP contribution in [0.25, 0.3) is 0 Å². The van der Waals surface area contributed by atoms with Crippen LogP contribution in [0.15, 0.2) is 51.1 Å². The number of methoxy groups -OCH3 is 1. The summed E-state index contributed by atoms with van der Waals surface area (Å²) in [6, 6.07) is 5.46. The van der Waals surface area contributed by atoms with Crippen LogP contribution in [-0.2, 0) is 35.7 Å². The number of benzene rings is 2. The third-order valence-corrected chi connectivity index (χ3v) is 11.0. The van der Waals surface area contributed by atoms with E-state index in [0.717, 1.165) is 47.7 Å². The molecule has 1 unspecified atom stereocenters. The van der Waals surface area contributed by atoms with Crippen LogP contribution in [-0.4, -0.2) is 74.0 Å². The Morgan fingerprint density at radius 3 is 1.95 bits per heavy atom. The number of sulfone groups is 3. The van der Waals surface area contributed by atoms with E-state index in [2.05, 4.69) is 0 Å². The van der Waals surface area contributed by atoms with Crippen molar-refractivity contribution in [1.29, 1.82) is 0 Å². The van der Waals surface area contributed by atoms with Gasteiger partial charge in [0.2, 0.25) is 0 Å². The van der Waals surface area contributed by atoms with Gasteiger partial charge in [-0.3, -0.25) is 4.79 Å². The Morgan fingerprint density at radius 1 is 1.00 bits per heavy atom. The van der Waals surface area contributed by atoms with Crippen molar-refractivity contribution in [2.24, 2.45) is 5.92 Å². The van der Waals surface area contributed by atoms with Crippen LogP contribution in [0.4, 0.5) is 13.2 Å². The van der Waals surface area contributed by atoms with E-state index in [9.17, 15) is 43.2 Å². The van der Waals surface area contributed by atoms with Crippen molar-refractivity contribution < 1.29 is 48.0 Å². The smallest absolute Gasteiger partial charge is 0.416 e. The minimum atomic E-state index is -4.74. The standard InChI is InChI=1S/C23H26F3NO8S3/c1-5-18(38(33,34)17-8-6-7-15(9-17)23(24,25)26)14-12-27(13-14)22(28)21-19(36(3,29)30)10-16(35-2)11-20(21)37(4,31)32/h6-11,14,18H,5,12-13H2,1-4H3. The van der Waals surface area contributed by atoms with Crippen molar-refractivity contribution in [1.82, 2.24) is 4.90 Å². The van der Waals surface area contributed by atoms with Crippen molar-refractivity contribution in [2.45, 2.75) is 39.5 Å². The minimum absolute atomic E-state index is 0.0387. The number of hydrogen-bond acceptors (Lipinski definition) is 8. The largest absolute Gasteiger partial charge is 0.497 e. The molecule has 0 spiro atoms. The molecule has 1 aliphatic heterocycles. The Labute approximate surface area is 219 Å². The number of likely N-dealkylation sites (tertiary alicyclic amines) is 1. The molecular weight excluding hydrogens is 571 g/mol. The van der Waals surface area contributed by atoms with Crippen molar-refractivity contribution >= 4 is 35.4 Å². The number of amides is 1. The quantitative estimate of drug-likeness (QED) is 0.454. The number of halogens is 3. The maximum absolute atomic E-state index is 13.4. The summed E-state index contributed by atoms with van der Waals surface area (Å²) < 4.78 is 121. The van der Waals surface area contributed by atoms with Gasteiger partial charge in [0.25, 0.3) is 5.91 Å². The van der Waals surface area contributed by atoms with E-state index >= 15 is 0 Å². The number of carbonyl (C=O) groups excluding carboxylic acids is 1. The highest BCUT2D eigenvalue weighted by atomic mass is 32.2. The Kier molecular flexibility index (Phi) is 7.99. The Morgan fingerprint density at radius 2 is 1.53 bits per heavy atom. The molecule has 210 valence electrons. The topological polar surface area (TPSA) is 132 Å². The molecule has 1 amide bonds. The molecule has 15 heteroatoms. The molecule has 0 radical (unpaired) electrons. The number of rotatable bonds is 8. The average Bonchev–Trinajstić information content (AvgIpc) is 2.77. The van der Waals surface area contributed by atoms with Gasteiger partial charge >= 0.3 is 6.18 Å². The highest BCUT2D eigenvalue weighted by Gasteiger charge is 2.44. The van der Waals surface area contributed by atoms with Crippen molar-refractivity contribution in [2.75, 3.05) is 32.7 Å². The van der Waals surface area contributed by atoms with E-state index in [1.807, 2.05) is 0 Å². The molecule has 0 aliphatic carbocycles. The first-order chi connectivity index (χ1) is 17.3. The van der Waals surface area contributed by atoms with E-state index in [0.29, 0.717) is 6.07 Å². The normalized spacial score (nSPS) is 16.1. The van der Waals surface area contributed by atoms with Gasteiger partial charge < -0.3 is 9.64 Å². The monoisotopic (exact) mass is 597 g/mol. The van der Waals surface area contributed by atoms with Gasteiger partial charge in [0, 0.05) is 31.5 Å². The van der Waals surface area contributed by atoms with Gasteiger partial charge in [-0.05, 0) is 36.8 Å². The fourth-order valence-corrected chi connectivity index (χ4v) is 8.27. The zero-order valence-electron chi connectivity index (χ0n) is 20.8. The molecule has 1 aliphatic rings. The van der Waals surface area contributed by atoms with Crippen molar-refractivity contribution in [3.63, 3.8) is 0 Å². The Hall–Kier alpha value is -2.65. The zero-order chi connectivity index (χ0) is 28.8. The van der Waals surface area contributed by atoms with Gasteiger partial charge in [-0.1, -0.05) is 13.0 Å². The molecule has 0 bridgehead atoms. The lowest BCUT2D eigenvalue weighted by Gasteiger charge is -2.43. The fourth-order valence-electron chi connectivity index (χ4n) is 4.38. The number of ether oxygens (including phenoxy) is 1. The molecule has 0 saturated carbocycles. The SMILES string of the molecule is CCC(C1CN(C(=O)c2c(S(C)(=O)=O)cc(OC)cc2S(C)(=O)=O)C1)S(=O)(=O)c1cccc(C(F)(F)F)c1. The van der Waals surface area contributed by atoms with Gasteiger partial charge in [0.15, 0.2) is 29.5 Å². The first-order valence-corrected chi connectivity index (χ1v) is 16.5. The zero-order valence-corrected chi connectivity index (χ0v) is 23.3. The van der Waals surface area contributed by atoms with E-state index in [1.165, 1.54) is 7.11 Å². The first-order valence-electron chi connectivity index (χ1n) is 11.1. The maximum Gasteiger partial charge on any atom is 0.416 e. The highest BCUT2D eigenvalue weighted by molar-refractivity contribution is 7.92. The van der Waals surface area contributed by atoms with Gasteiger partial charge in [-0.15, -0.1) is 0 Å². The van der Waals surface area contributed by atoms with Crippen LogP contribution >= 0.6 is 0 Å². The predicted octanol–water partition coefficient (Wildman–Crippen LogP) is 2.85. The van der Waals surface area contributed by atoms with Crippen molar-refractivity contribution in [3.8, 4) is 5.75 Å². The second-order valence-electron chi connectivity index (χ2n) is 9.03. The predicted molar refractivity (Wildman–Crippen MR) is 131 cm³/mol. The molecule has 3 rings (SSSR count). The van der Waals surface area contributed by atoms with Gasteiger partial charge in [0.1, 0.15) is 5.75 Å². The second kappa shape index (κ2) is 10.2. The molecule has 1 heterocycles. The third kappa shape index (κ3) is 5.83. The maximum atomic E-state index is 13.4. The molecule has 1 saturated heterocycles. The lowest BCUT2D eigenvalue weighted by molar-refractivity contribution is -0.137. The summed E-state index contributed by atoms with van der Waals surface area (Å²) in [4.78, 5) is 12.9. The molecular formula is C23H26F3NO8S3. The lowest BCUT2D eigenvalue weighted by Crippen LogP contribution is -2.56. The number of carbonyl (C=O) groups is 1. The number of hydrogen-bond donors (Lipinski definition) is 0. The van der Waals surface area contributed by atoms with Crippen LogP contribution in [0, 0.1) is 5.92 Å². The summed E-state index contributed by atoms with van der Waals surface area (Å²) in [6.07, 6.45) is -3.09. The molecule has 1 atom stereocenters. The molecule has 0 aromatic heterocycles. The first kappa shape index (κ1) is 29.9. The van der Waals surface area contributed by atoms with E-state index in [-0.39, 0.29) is 25.3 Å². The fraction of sp³-hybridized carbons (Fsp3) is 0.435. The van der Waals surface area contributed by atoms with Crippen LogP contribution < -0.4 is 4.74 Å². The minimum Gasteiger partial charge on any atom is -0.497 e. The number of alkyl halides is 3. The van der Waals surface area contributed by atoms with Crippen LogP contribution in [0.3, 0.4) is 0 Å². The highest BCUT2D eigenvalue weighted by Crippen LogP contribution is 2.37. The number of nitrogens with zero attached hydrogens (tertiary/aromatic N) is 1. The molecule has 1 fully saturated rings. The summed E-state index contributed by atoms with van der Waals surface area (Å²) in [7, 11) is -11.2. The van der Waals surface area contributed by atoms with E-state index in [4.69, 9.17) is 4.74 Å². The molecule has 2 aromatic carbocycles. The van der Waals surface area contributed by atoms with Gasteiger partial charge in [-0.25, -0.2) is 25.3 Å². The Balaban J connectivity index is 1.96. The van der Waals surface area contributed by atoms with E-state index < -0.39 is 78.6 Å². The van der Waals surface area contributed by atoms with E-state index in [1.54, 1.807) is 6.92 Å². The lowest BCUT2D eigenvalue weighted by atomic mass is 9.93. The van der Waals surface area contributed by atoms with Crippen LogP contribution in [0.5, 0.6) is 5.75 Å².